The van der Waals surface area contributed by atoms with Crippen molar-refractivity contribution >= 4 is 17.5 Å². The van der Waals surface area contributed by atoms with Crippen LogP contribution in [0.15, 0.2) is 61.2 Å². The minimum Gasteiger partial charge on any atom is -0.345 e. The summed E-state index contributed by atoms with van der Waals surface area (Å²) < 4.78 is 15.2. The molecule has 0 aliphatic rings. The second-order valence-corrected chi connectivity index (χ2v) is 6.01. The highest BCUT2D eigenvalue weighted by Crippen LogP contribution is 2.12. The smallest absolute Gasteiger partial charge is 0.313 e. The van der Waals surface area contributed by atoms with Gasteiger partial charge in [0.1, 0.15) is 18.5 Å². The zero-order valence-electron chi connectivity index (χ0n) is 14.6. The molecular formula is C19H18FN5O2. The molecule has 7 nitrogen and oxygen atoms in total. The number of hydrogen-bond donors (Lipinski definition) is 2. The number of anilines is 1. The van der Waals surface area contributed by atoms with Crippen LogP contribution in [0.3, 0.4) is 0 Å². The molecule has 1 atom stereocenters. The predicted octanol–water partition coefficient (Wildman–Crippen LogP) is 2.09. The van der Waals surface area contributed by atoms with E-state index in [4.69, 9.17) is 0 Å². The summed E-state index contributed by atoms with van der Waals surface area (Å²) in [5.74, 6) is -1.90. The molecule has 3 rings (SSSR count). The molecule has 0 spiro atoms. The Labute approximate surface area is 155 Å². The number of carbonyl (C=O) groups excluding carboxylic acids is 2. The van der Waals surface area contributed by atoms with Gasteiger partial charge in [-0.05, 0) is 49.2 Å². The van der Waals surface area contributed by atoms with Gasteiger partial charge in [-0.2, -0.15) is 5.10 Å². The number of nitrogens with one attached hydrogen (secondary N) is 2. The van der Waals surface area contributed by atoms with Gasteiger partial charge < -0.3 is 10.6 Å². The van der Waals surface area contributed by atoms with Gasteiger partial charge in [0.15, 0.2) is 0 Å². The maximum Gasteiger partial charge on any atom is 0.313 e. The lowest BCUT2D eigenvalue weighted by molar-refractivity contribution is -0.136. The lowest BCUT2D eigenvalue weighted by atomic mass is 10.1. The van der Waals surface area contributed by atoms with Crippen LogP contribution in [-0.4, -0.2) is 32.6 Å². The van der Waals surface area contributed by atoms with E-state index in [1.807, 2.05) is 0 Å². The van der Waals surface area contributed by atoms with Crippen LogP contribution >= 0.6 is 0 Å². The SMILES string of the molecule is CC(Cc1ccccc1F)NC(=O)C(=O)Nc1ccc(-n2cncn2)cc1. The van der Waals surface area contributed by atoms with Crippen molar-refractivity contribution in [3.8, 4) is 5.69 Å². The van der Waals surface area contributed by atoms with Crippen LogP contribution in [0.25, 0.3) is 5.69 Å². The van der Waals surface area contributed by atoms with Crippen LogP contribution in [0.5, 0.6) is 0 Å². The summed E-state index contributed by atoms with van der Waals surface area (Å²) in [6.45, 7) is 1.71. The number of amides is 2. The van der Waals surface area contributed by atoms with Gasteiger partial charge in [-0.3, -0.25) is 9.59 Å². The normalized spacial score (nSPS) is 11.6. The fourth-order valence-electron chi connectivity index (χ4n) is 2.56. The average molecular weight is 367 g/mol. The first kappa shape index (κ1) is 18.2. The number of halogens is 1. The Balaban J connectivity index is 1.54. The molecule has 2 amide bonds. The first-order valence-corrected chi connectivity index (χ1v) is 8.33. The van der Waals surface area contributed by atoms with Crippen LogP contribution in [0.4, 0.5) is 10.1 Å². The zero-order valence-corrected chi connectivity index (χ0v) is 14.6. The molecule has 0 saturated carbocycles. The molecule has 0 radical (unpaired) electrons. The van der Waals surface area contributed by atoms with Gasteiger partial charge in [0.25, 0.3) is 0 Å². The molecule has 1 unspecified atom stereocenters. The zero-order chi connectivity index (χ0) is 19.2. The first-order valence-electron chi connectivity index (χ1n) is 8.33. The minimum absolute atomic E-state index is 0.290. The number of aromatic nitrogens is 3. The van der Waals surface area contributed by atoms with E-state index in [9.17, 15) is 14.0 Å². The van der Waals surface area contributed by atoms with Crippen molar-refractivity contribution in [3.05, 3.63) is 72.6 Å². The van der Waals surface area contributed by atoms with E-state index in [0.717, 1.165) is 5.69 Å². The lowest BCUT2D eigenvalue weighted by Gasteiger charge is -2.14. The first-order chi connectivity index (χ1) is 13.0. The van der Waals surface area contributed by atoms with Crippen molar-refractivity contribution in [2.45, 2.75) is 19.4 Å². The fraction of sp³-hybridized carbons (Fsp3) is 0.158. The molecular weight excluding hydrogens is 349 g/mol. The number of benzene rings is 2. The van der Waals surface area contributed by atoms with Gasteiger partial charge in [-0.1, -0.05) is 18.2 Å². The van der Waals surface area contributed by atoms with E-state index in [1.54, 1.807) is 60.4 Å². The molecule has 3 aromatic rings. The Morgan fingerprint density at radius 3 is 2.52 bits per heavy atom. The molecule has 0 saturated heterocycles. The quantitative estimate of drug-likeness (QED) is 0.676. The molecule has 1 heterocycles. The highest BCUT2D eigenvalue weighted by atomic mass is 19.1. The molecule has 0 aliphatic heterocycles. The monoisotopic (exact) mass is 367 g/mol. The molecule has 0 aliphatic carbocycles. The van der Waals surface area contributed by atoms with Crippen molar-refractivity contribution in [1.82, 2.24) is 20.1 Å². The van der Waals surface area contributed by atoms with E-state index in [0.29, 0.717) is 11.3 Å². The van der Waals surface area contributed by atoms with Gasteiger partial charge >= 0.3 is 11.8 Å². The van der Waals surface area contributed by atoms with Gasteiger partial charge in [0.05, 0.1) is 5.69 Å². The molecule has 2 aromatic carbocycles. The van der Waals surface area contributed by atoms with E-state index < -0.39 is 17.9 Å². The van der Waals surface area contributed by atoms with E-state index in [-0.39, 0.29) is 12.2 Å². The summed E-state index contributed by atoms with van der Waals surface area (Å²) in [5, 5.41) is 9.10. The number of hydrogen-bond acceptors (Lipinski definition) is 4. The van der Waals surface area contributed by atoms with Gasteiger partial charge in [-0.25, -0.2) is 14.1 Å². The van der Waals surface area contributed by atoms with Crippen molar-refractivity contribution in [2.75, 3.05) is 5.32 Å². The van der Waals surface area contributed by atoms with Crippen LogP contribution < -0.4 is 10.6 Å². The van der Waals surface area contributed by atoms with Crippen LogP contribution in [0, 0.1) is 5.82 Å². The Bertz CT molecular complexity index is 926. The number of rotatable bonds is 5. The third kappa shape index (κ3) is 4.75. The Kier molecular flexibility index (Phi) is 5.55. The van der Waals surface area contributed by atoms with Crippen molar-refractivity contribution in [2.24, 2.45) is 0 Å². The Morgan fingerprint density at radius 1 is 1.11 bits per heavy atom. The summed E-state index contributed by atoms with van der Waals surface area (Å²) in [6.07, 6.45) is 3.26. The van der Waals surface area contributed by atoms with Crippen molar-refractivity contribution in [1.29, 1.82) is 0 Å². The lowest BCUT2D eigenvalue weighted by Crippen LogP contribution is -2.41. The summed E-state index contributed by atoms with van der Waals surface area (Å²) in [7, 11) is 0. The molecule has 138 valence electrons. The predicted molar refractivity (Wildman–Crippen MR) is 97.7 cm³/mol. The maximum atomic E-state index is 13.7. The highest BCUT2D eigenvalue weighted by molar-refractivity contribution is 6.39. The molecule has 27 heavy (non-hydrogen) atoms. The van der Waals surface area contributed by atoms with Gasteiger partial charge in [-0.15, -0.1) is 0 Å². The Hall–Kier alpha value is -3.55. The average Bonchev–Trinajstić information content (AvgIpc) is 3.19. The fourth-order valence-corrected chi connectivity index (χ4v) is 2.56. The third-order valence-electron chi connectivity index (χ3n) is 3.88. The van der Waals surface area contributed by atoms with E-state index in [2.05, 4.69) is 20.7 Å². The summed E-state index contributed by atoms with van der Waals surface area (Å²) in [4.78, 5) is 28.0. The van der Waals surface area contributed by atoms with Gasteiger partial charge in [0, 0.05) is 11.7 Å². The molecule has 1 aromatic heterocycles. The van der Waals surface area contributed by atoms with Crippen LogP contribution in [0.2, 0.25) is 0 Å². The minimum atomic E-state index is -0.788. The third-order valence-corrected chi connectivity index (χ3v) is 3.88. The molecule has 0 fully saturated rings. The molecule has 2 N–H and O–H groups in total. The summed E-state index contributed by atoms with van der Waals surface area (Å²) in [5.41, 5.74) is 1.73. The molecule has 0 bridgehead atoms. The van der Waals surface area contributed by atoms with Crippen LogP contribution in [0.1, 0.15) is 12.5 Å². The summed E-state index contributed by atoms with van der Waals surface area (Å²) in [6, 6.07) is 12.7. The maximum absolute atomic E-state index is 13.7. The van der Waals surface area contributed by atoms with Crippen molar-refractivity contribution in [3.63, 3.8) is 0 Å². The molecule has 8 heteroatoms. The topological polar surface area (TPSA) is 88.9 Å². The largest absolute Gasteiger partial charge is 0.345 e. The summed E-state index contributed by atoms with van der Waals surface area (Å²) >= 11 is 0. The second kappa shape index (κ2) is 8.22. The number of nitrogens with zero attached hydrogens (tertiary/aromatic N) is 3. The van der Waals surface area contributed by atoms with Crippen molar-refractivity contribution < 1.29 is 14.0 Å². The second-order valence-electron chi connectivity index (χ2n) is 6.01. The standard InChI is InChI=1S/C19H18FN5O2/c1-13(10-14-4-2-3-5-17(14)20)23-18(26)19(27)24-15-6-8-16(9-7-15)25-12-21-11-22-25/h2-9,11-13H,10H2,1H3,(H,23,26)(H,24,27). The van der Waals surface area contributed by atoms with Crippen LogP contribution in [-0.2, 0) is 16.0 Å². The Morgan fingerprint density at radius 2 is 1.85 bits per heavy atom. The number of carbonyl (C=O) groups is 2. The van der Waals surface area contributed by atoms with E-state index in [1.165, 1.54) is 12.4 Å². The van der Waals surface area contributed by atoms with E-state index >= 15 is 0 Å². The highest BCUT2D eigenvalue weighted by Gasteiger charge is 2.17. The van der Waals surface area contributed by atoms with Gasteiger partial charge in [0.2, 0.25) is 0 Å².